The number of hydrogen-bond acceptors (Lipinski definition) is 1. The molecule has 2 rings (SSSR count). The number of carbonyl (C=O) groups is 1. The second kappa shape index (κ2) is 5.11. The van der Waals surface area contributed by atoms with Gasteiger partial charge in [-0.1, -0.05) is 23.7 Å². The summed E-state index contributed by atoms with van der Waals surface area (Å²) in [5, 5.41) is 0.741. The van der Waals surface area contributed by atoms with Crippen molar-refractivity contribution in [3.05, 3.63) is 64.9 Å². The van der Waals surface area contributed by atoms with E-state index in [4.69, 9.17) is 11.6 Å². The topological polar surface area (TPSA) is 20.9 Å². The summed E-state index contributed by atoms with van der Waals surface area (Å²) in [6, 6.07) is 11.4. The number of aromatic nitrogens is 1. The Morgan fingerprint density at radius 3 is 2.24 bits per heavy atom. The lowest BCUT2D eigenvalue weighted by Gasteiger charge is -1.99. The van der Waals surface area contributed by atoms with Crippen LogP contribution in [0.5, 0.6) is 0 Å². The second-order valence-corrected chi connectivity index (χ2v) is 4.38. The molecule has 1 heterocycles. The Balaban J connectivity index is 2.13. The number of Topliss-reactive ketones (excluding diaryl/α,β-unsaturated/α-hetero) is 1. The molecule has 0 amide bonds. The molecular weight excluding hydrogens is 234 g/mol. The summed E-state index contributed by atoms with van der Waals surface area (Å²) in [7, 11) is 0. The maximum absolute atomic E-state index is 11.1. The maximum Gasteiger partial charge on any atom is 0.173 e. The van der Waals surface area contributed by atoms with Crippen molar-refractivity contribution >= 4 is 17.4 Å². The van der Waals surface area contributed by atoms with Gasteiger partial charge in [-0.25, -0.2) is 4.57 Å². The van der Waals surface area contributed by atoms with E-state index in [1.807, 2.05) is 53.4 Å². The van der Waals surface area contributed by atoms with Crippen LogP contribution in [0.4, 0.5) is 0 Å². The van der Waals surface area contributed by atoms with Gasteiger partial charge in [-0.2, -0.15) is 0 Å². The molecule has 0 saturated carbocycles. The number of halogens is 1. The van der Waals surface area contributed by atoms with E-state index in [0.717, 1.165) is 17.1 Å². The molecule has 0 radical (unpaired) electrons. The van der Waals surface area contributed by atoms with Gasteiger partial charge in [0.15, 0.2) is 24.7 Å². The second-order valence-electron chi connectivity index (χ2n) is 3.94. The van der Waals surface area contributed by atoms with Gasteiger partial charge in [-0.3, -0.25) is 4.79 Å². The van der Waals surface area contributed by atoms with Crippen molar-refractivity contribution in [1.29, 1.82) is 0 Å². The number of rotatable bonds is 3. The van der Waals surface area contributed by atoms with E-state index in [-0.39, 0.29) is 5.78 Å². The van der Waals surface area contributed by atoms with Crippen LogP contribution >= 0.6 is 11.6 Å². The zero-order valence-corrected chi connectivity index (χ0v) is 10.3. The fraction of sp³-hybridized carbons (Fsp3) is 0.143. The third-order valence-electron chi connectivity index (χ3n) is 2.58. The van der Waals surface area contributed by atoms with Crippen LogP contribution in [-0.4, -0.2) is 5.78 Å². The van der Waals surface area contributed by atoms with Crippen LogP contribution in [-0.2, 0) is 6.54 Å². The Morgan fingerprint density at radius 1 is 1.12 bits per heavy atom. The zero-order valence-electron chi connectivity index (χ0n) is 9.56. The number of benzene rings is 1. The molecule has 1 aromatic carbocycles. The number of hydrogen-bond donors (Lipinski definition) is 0. The lowest BCUT2D eigenvalue weighted by atomic mass is 10.2. The maximum atomic E-state index is 11.1. The summed E-state index contributed by atoms with van der Waals surface area (Å²) in [5.41, 5.74) is 1.91. The summed E-state index contributed by atoms with van der Waals surface area (Å²) in [6.07, 6.45) is 3.82. The van der Waals surface area contributed by atoms with Crippen molar-refractivity contribution in [2.24, 2.45) is 0 Å². The van der Waals surface area contributed by atoms with Crippen molar-refractivity contribution in [3.63, 3.8) is 0 Å². The van der Waals surface area contributed by atoms with Crippen molar-refractivity contribution < 1.29 is 9.36 Å². The Hall–Kier alpha value is -1.67. The minimum absolute atomic E-state index is 0.0867. The fourth-order valence-corrected chi connectivity index (χ4v) is 1.72. The summed E-state index contributed by atoms with van der Waals surface area (Å²) >= 11 is 5.83. The van der Waals surface area contributed by atoms with E-state index in [0.29, 0.717) is 0 Å². The van der Waals surface area contributed by atoms with Gasteiger partial charge in [0.1, 0.15) is 0 Å². The lowest BCUT2D eigenvalue weighted by molar-refractivity contribution is -0.688. The van der Waals surface area contributed by atoms with Crippen LogP contribution in [0.15, 0.2) is 48.8 Å². The number of carbonyl (C=O) groups excluding carboxylic acids is 1. The van der Waals surface area contributed by atoms with E-state index < -0.39 is 0 Å². The van der Waals surface area contributed by atoms with Crippen molar-refractivity contribution in [2.45, 2.75) is 13.5 Å². The van der Waals surface area contributed by atoms with Crippen LogP contribution in [0.1, 0.15) is 22.8 Å². The van der Waals surface area contributed by atoms with Crippen LogP contribution in [0.2, 0.25) is 5.02 Å². The lowest BCUT2D eigenvalue weighted by Crippen LogP contribution is -2.33. The molecular formula is C14H13ClNO+. The molecule has 0 aliphatic carbocycles. The molecule has 0 fully saturated rings. The average molecular weight is 247 g/mol. The van der Waals surface area contributed by atoms with E-state index in [1.165, 1.54) is 5.56 Å². The van der Waals surface area contributed by atoms with Gasteiger partial charge in [-0.15, -0.1) is 0 Å². The highest BCUT2D eigenvalue weighted by atomic mass is 35.5. The Bertz CT molecular complexity index is 517. The fourth-order valence-electron chi connectivity index (χ4n) is 1.60. The highest BCUT2D eigenvalue weighted by molar-refractivity contribution is 6.30. The molecule has 2 nitrogen and oxygen atoms in total. The SMILES string of the molecule is CC(=O)c1cc[n+](Cc2ccc(Cl)cc2)cc1. The Labute approximate surface area is 105 Å². The summed E-state index contributed by atoms with van der Waals surface area (Å²) in [5.74, 6) is 0.0867. The predicted molar refractivity (Wildman–Crippen MR) is 67.2 cm³/mol. The number of ketones is 1. The number of pyridine rings is 1. The van der Waals surface area contributed by atoms with Crippen LogP contribution in [0, 0.1) is 0 Å². The molecule has 0 atom stereocenters. The minimum Gasteiger partial charge on any atom is -0.295 e. The van der Waals surface area contributed by atoms with Gasteiger partial charge >= 0.3 is 0 Å². The average Bonchev–Trinajstić information content (AvgIpc) is 2.33. The minimum atomic E-state index is 0.0867. The molecule has 17 heavy (non-hydrogen) atoms. The largest absolute Gasteiger partial charge is 0.295 e. The summed E-state index contributed by atoms with van der Waals surface area (Å²) < 4.78 is 2.02. The zero-order chi connectivity index (χ0) is 12.3. The van der Waals surface area contributed by atoms with Gasteiger partial charge in [0.05, 0.1) is 0 Å². The van der Waals surface area contributed by atoms with E-state index in [1.54, 1.807) is 6.92 Å². The molecule has 0 aliphatic rings. The van der Waals surface area contributed by atoms with E-state index in [9.17, 15) is 4.79 Å². The summed E-state index contributed by atoms with van der Waals surface area (Å²) in [4.78, 5) is 11.1. The predicted octanol–water partition coefficient (Wildman–Crippen LogP) is 2.88. The van der Waals surface area contributed by atoms with Crippen LogP contribution in [0.25, 0.3) is 0 Å². The van der Waals surface area contributed by atoms with Crippen LogP contribution in [0.3, 0.4) is 0 Å². The molecule has 0 aliphatic heterocycles. The van der Waals surface area contributed by atoms with E-state index in [2.05, 4.69) is 0 Å². The van der Waals surface area contributed by atoms with Crippen molar-refractivity contribution in [3.8, 4) is 0 Å². The quantitative estimate of drug-likeness (QED) is 0.603. The van der Waals surface area contributed by atoms with E-state index >= 15 is 0 Å². The molecule has 1 aromatic heterocycles. The monoisotopic (exact) mass is 246 g/mol. The standard InChI is InChI=1S/C14H13ClNO/c1-11(17)13-6-8-16(9-7-13)10-12-2-4-14(15)5-3-12/h2-9H,10H2,1H3/q+1. The van der Waals surface area contributed by atoms with Crippen molar-refractivity contribution in [1.82, 2.24) is 0 Å². The smallest absolute Gasteiger partial charge is 0.173 e. The van der Waals surface area contributed by atoms with Gasteiger partial charge in [0, 0.05) is 28.3 Å². The van der Waals surface area contributed by atoms with Crippen LogP contribution < -0.4 is 4.57 Å². The van der Waals surface area contributed by atoms with Crippen molar-refractivity contribution in [2.75, 3.05) is 0 Å². The molecule has 2 aromatic rings. The van der Waals surface area contributed by atoms with Gasteiger partial charge < -0.3 is 0 Å². The first-order valence-electron chi connectivity index (χ1n) is 5.39. The molecule has 3 heteroatoms. The first-order chi connectivity index (χ1) is 8.15. The molecule has 0 unspecified atom stereocenters. The highest BCUT2D eigenvalue weighted by Crippen LogP contribution is 2.09. The summed E-state index contributed by atoms with van der Waals surface area (Å²) in [6.45, 7) is 2.34. The first-order valence-corrected chi connectivity index (χ1v) is 5.77. The van der Waals surface area contributed by atoms with Gasteiger partial charge in [0.25, 0.3) is 0 Å². The Kier molecular flexibility index (Phi) is 3.55. The van der Waals surface area contributed by atoms with Gasteiger partial charge in [0.2, 0.25) is 0 Å². The Morgan fingerprint density at radius 2 is 1.71 bits per heavy atom. The number of nitrogens with zero attached hydrogens (tertiary/aromatic N) is 1. The molecule has 86 valence electrons. The molecule has 0 saturated heterocycles. The highest BCUT2D eigenvalue weighted by Gasteiger charge is 2.05. The normalized spacial score (nSPS) is 10.2. The molecule has 0 bridgehead atoms. The molecule has 0 spiro atoms. The first kappa shape index (κ1) is 11.8. The molecule has 0 N–H and O–H groups in total. The third-order valence-corrected chi connectivity index (χ3v) is 2.83. The third kappa shape index (κ3) is 3.14. The van der Waals surface area contributed by atoms with Gasteiger partial charge in [-0.05, 0) is 19.1 Å².